The molecule has 1 amide bonds. The number of rotatable bonds is 5. The lowest BCUT2D eigenvalue weighted by Gasteiger charge is -2.33. The Kier molecular flexibility index (Phi) is 7.12. The molecule has 0 saturated heterocycles. The molecule has 0 unspecified atom stereocenters. The van der Waals surface area contributed by atoms with Gasteiger partial charge in [0.1, 0.15) is 11.3 Å². The van der Waals surface area contributed by atoms with Crippen molar-refractivity contribution in [2.45, 2.75) is 56.9 Å². The number of hydrogen-bond donors (Lipinski definition) is 1. The minimum atomic E-state index is -0.925. The Morgan fingerprint density at radius 2 is 1.76 bits per heavy atom. The van der Waals surface area contributed by atoms with Crippen LogP contribution >= 0.6 is 11.6 Å². The lowest BCUT2D eigenvalue weighted by Crippen LogP contribution is -2.55. The average Bonchev–Trinajstić information content (AvgIpc) is 2.58. The van der Waals surface area contributed by atoms with Gasteiger partial charge in [0, 0.05) is 10.6 Å². The van der Waals surface area contributed by atoms with Gasteiger partial charge in [0.25, 0.3) is 0 Å². The van der Waals surface area contributed by atoms with Gasteiger partial charge < -0.3 is 14.8 Å². The van der Waals surface area contributed by atoms with Gasteiger partial charge in [-0.3, -0.25) is 4.79 Å². The van der Waals surface area contributed by atoms with Gasteiger partial charge in [0.05, 0.1) is 20.6 Å². The van der Waals surface area contributed by atoms with E-state index in [9.17, 15) is 9.59 Å². The summed E-state index contributed by atoms with van der Waals surface area (Å²) in [5, 5.41) is 3.51. The van der Waals surface area contributed by atoms with Crippen LogP contribution in [0.5, 0.6) is 5.75 Å². The smallest absolute Gasteiger partial charge is 0.331 e. The minimum Gasteiger partial charge on any atom is -0.496 e. The van der Waals surface area contributed by atoms with E-state index in [0.717, 1.165) is 31.2 Å². The molecule has 0 bridgehead atoms. The molecule has 0 aliphatic heterocycles. The molecule has 0 spiro atoms. The molecular weight excluding hydrogens is 342 g/mol. The highest BCUT2D eigenvalue weighted by Gasteiger charge is 2.40. The van der Waals surface area contributed by atoms with Crippen LogP contribution in [0.3, 0.4) is 0 Å². The summed E-state index contributed by atoms with van der Waals surface area (Å²) in [6, 6.07) is 5.17. The highest BCUT2D eigenvalue weighted by molar-refractivity contribution is 6.30. The monoisotopic (exact) mass is 367 g/mol. The zero-order chi connectivity index (χ0) is 18.3. The van der Waals surface area contributed by atoms with E-state index in [1.165, 1.54) is 20.6 Å². The Morgan fingerprint density at radius 1 is 1.12 bits per heavy atom. The molecule has 0 aromatic heterocycles. The predicted molar refractivity (Wildman–Crippen MR) is 96.9 cm³/mol. The third-order valence-corrected chi connectivity index (χ3v) is 5.00. The summed E-state index contributed by atoms with van der Waals surface area (Å²) in [5.41, 5.74) is -0.193. The molecule has 1 aliphatic rings. The van der Waals surface area contributed by atoms with E-state index in [1.54, 1.807) is 18.2 Å². The van der Waals surface area contributed by atoms with Crippen LogP contribution < -0.4 is 10.1 Å². The Morgan fingerprint density at radius 3 is 2.36 bits per heavy atom. The highest BCUT2D eigenvalue weighted by atomic mass is 35.5. The maximum absolute atomic E-state index is 12.7. The molecule has 138 valence electrons. The first kappa shape index (κ1) is 19.6. The summed E-state index contributed by atoms with van der Waals surface area (Å²) in [5.74, 6) is -0.00940. The number of benzene rings is 1. The van der Waals surface area contributed by atoms with Gasteiger partial charge in [0.2, 0.25) is 5.91 Å². The number of nitrogens with one attached hydrogen (secondary N) is 1. The zero-order valence-electron chi connectivity index (χ0n) is 14.9. The van der Waals surface area contributed by atoms with Crippen LogP contribution in [-0.2, 0) is 20.7 Å². The van der Waals surface area contributed by atoms with Crippen molar-refractivity contribution in [3.8, 4) is 5.75 Å². The van der Waals surface area contributed by atoms with Crippen LogP contribution in [0.1, 0.15) is 50.5 Å². The number of halogens is 1. The van der Waals surface area contributed by atoms with E-state index in [0.29, 0.717) is 23.6 Å². The van der Waals surface area contributed by atoms with Crippen LogP contribution in [0.4, 0.5) is 0 Å². The Bertz CT molecular complexity index is 609. The summed E-state index contributed by atoms with van der Waals surface area (Å²) in [7, 11) is 2.91. The fourth-order valence-electron chi connectivity index (χ4n) is 3.43. The quantitative estimate of drug-likeness (QED) is 0.806. The van der Waals surface area contributed by atoms with Crippen LogP contribution in [0.15, 0.2) is 18.2 Å². The van der Waals surface area contributed by atoms with Crippen LogP contribution in [0, 0.1) is 0 Å². The number of esters is 1. The van der Waals surface area contributed by atoms with Crippen molar-refractivity contribution >= 4 is 23.5 Å². The summed E-state index contributed by atoms with van der Waals surface area (Å²) >= 11 is 5.96. The lowest BCUT2D eigenvalue weighted by molar-refractivity contribution is -0.152. The van der Waals surface area contributed by atoms with E-state index in [2.05, 4.69) is 5.32 Å². The molecule has 6 heteroatoms. The van der Waals surface area contributed by atoms with Crippen molar-refractivity contribution in [2.75, 3.05) is 14.2 Å². The van der Waals surface area contributed by atoms with Gasteiger partial charge in [-0.1, -0.05) is 49.8 Å². The normalized spacial score (nSPS) is 17.1. The van der Waals surface area contributed by atoms with Crippen LogP contribution in [0.25, 0.3) is 0 Å². The fourth-order valence-corrected chi connectivity index (χ4v) is 3.59. The van der Waals surface area contributed by atoms with Gasteiger partial charge in [-0.25, -0.2) is 4.79 Å². The molecule has 1 N–H and O–H groups in total. The van der Waals surface area contributed by atoms with Crippen LogP contribution in [0.2, 0.25) is 5.02 Å². The van der Waals surface area contributed by atoms with Crippen molar-refractivity contribution in [3.05, 3.63) is 28.8 Å². The molecule has 2 rings (SSSR count). The molecule has 0 atom stereocenters. The predicted octanol–water partition coefficient (Wildman–Crippen LogP) is 3.66. The third kappa shape index (κ3) is 5.11. The number of ether oxygens (including phenoxy) is 2. The maximum Gasteiger partial charge on any atom is 0.331 e. The summed E-state index contributed by atoms with van der Waals surface area (Å²) in [4.78, 5) is 25.1. The van der Waals surface area contributed by atoms with E-state index < -0.39 is 5.54 Å². The molecule has 25 heavy (non-hydrogen) atoms. The van der Waals surface area contributed by atoms with Gasteiger partial charge in [-0.05, 0) is 25.0 Å². The van der Waals surface area contributed by atoms with Gasteiger partial charge >= 0.3 is 5.97 Å². The molecular formula is C19H26ClNO4. The van der Waals surface area contributed by atoms with Crippen molar-refractivity contribution in [3.63, 3.8) is 0 Å². The molecule has 0 heterocycles. The molecule has 0 radical (unpaired) electrons. The second-order valence-corrected chi connectivity index (χ2v) is 6.96. The summed E-state index contributed by atoms with van der Waals surface area (Å²) in [6.45, 7) is 0. The Labute approximate surface area is 154 Å². The summed E-state index contributed by atoms with van der Waals surface area (Å²) in [6.07, 6.45) is 6.47. The second kappa shape index (κ2) is 9.09. The SMILES string of the molecule is COC(=O)C1(NC(=O)Cc2ccc(Cl)cc2OC)CCCCCCC1. The Balaban J connectivity index is 2.15. The first-order chi connectivity index (χ1) is 12.0. The van der Waals surface area contributed by atoms with E-state index in [1.807, 2.05) is 0 Å². The minimum absolute atomic E-state index is 0.124. The highest BCUT2D eigenvalue weighted by Crippen LogP contribution is 2.29. The second-order valence-electron chi connectivity index (χ2n) is 6.52. The van der Waals surface area contributed by atoms with Crippen molar-refractivity contribution in [2.24, 2.45) is 0 Å². The van der Waals surface area contributed by atoms with Gasteiger partial charge in [-0.2, -0.15) is 0 Å². The number of carbonyl (C=O) groups excluding carboxylic acids is 2. The van der Waals surface area contributed by atoms with Crippen molar-refractivity contribution < 1.29 is 19.1 Å². The van der Waals surface area contributed by atoms with Crippen molar-refractivity contribution in [1.29, 1.82) is 0 Å². The number of carbonyl (C=O) groups is 2. The van der Waals surface area contributed by atoms with Gasteiger partial charge in [0.15, 0.2) is 0 Å². The van der Waals surface area contributed by atoms with E-state index in [-0.39, 0.29) is 18.3 Å². The first-order valence-corrected chi connectivity index (χ1v) is 9.10. The topological polar surface area (TPSA) is 64.6 Å². The number of hydrogen-bond acceptors (Lipinski definition) is 4. The van der Waals surface area contributed by atoms with E-state index >= 15 is 0 Å². The van der Waals surface area contributed by atoms with Gasteiger partial charge in [-0.15, -0.1) is 0 Å². The largest absolute Gasteiger partial charge is 0.496 e. The Hall–Kier alpha value is -1.75. The van der Waals surface area contributed by atoms with E-state index in [4.69, 9.17) is 21.1 Å². The molecule has 5 nitrogen and oxygen atoms in total. The fraction of sp³-hybridized carbons (Fsp3) is 0.579. The third-order valence-electron chi connectivity index (χ3n) is 4.76. The molecule has 1 aromatic carbocycles. The molecule has 1 saturated carbocycles. The van der Waals surface area contributed by atoms with Crippen LogP contribution in [-0.4, -0.2) is 31.6 Å². The number of methoxy groups -OCH3 is 2. The number of amides is 1. The maximum atomic E-state index is 12.7. The molecule has 1 aliphatic carbocycles. The lowest BCUT2D eigenvalue weighted by atomic mass is 9.83. The van der Waals surface area contributed by atoms with Crippen molar-refractivity contribution in [1.82, 2.24) is 5.32 Å². The standard InChI is InChI=1S/C19H26ClNO4/c1-24-16-13-15(20)9-8-14(16)12-17(22)21-19(18(23)25-2)10-6-4-3-5-7-11-19/h8-9,13H,3-7,10-12H2,1-2H3,(H,21,22). The molecule has 1 fully saturated rings. The summed E-state index contributed by atoms with van der Waals surface area (Å²) < 4.78 is 10.3. The first-order valence-electron chi connectivity index (χ1n) is 8.72. The zero-order valence-corrected chi connectivity index (χ0v) is 15.7. The average molecular weight is 368 g/mol. The molecule has 1 aromatic rings.